The summed E-state index contributed by atoms with van der Waals surface area (Å²) in [6, 6.07) is 0.920. The van der Waals surface area contributed by atoms with Crippen molar-refractivity contribution in [2.75, 3.05) is 19.8 Å². The molecule has 0 amide bonds. The highest BCUT2D eigenvalue weighted by Gasteiger charge is 2.33. The summed E-state index contributed by atoms with van der Waals surface area (Å²) in [6.45, 7) is 4.89. The lowest BCUT2D eigenvalue weighted by Crippen LogP contribution is -2.55. The number of rotatable bonds is 2. The molecule has 1 saturated heterocycles. The highest BCUT2D eigenvalue weighted by atomic mass is 16.5. The van der Waals surface area contributed by atoms with Gasteiger partial charge in [-0.05, 0) is 19.3 Å². The molecule has 2 fully saturated rings. The standard InChI is InChI=1S/C12H23NO2/c1-2-10-9-15-8-7-13(10)11-5-3-4-6-12(11)14/h10-12,14H,2-9H2,1H3/t10?,11-,12-/m1/s1. The van der Waals surface area contributed by atoms with Gasteiger partial charge in [-0.1, -0.05) is 19.8 Å². The molecule has 0 radical (unpaired) electrons. The molecule has 1 aliphatic heterocycles. The van der Waals surface area contributed by atoms with E-state index in [9.17, 15) is 5.11 Å². The molecule has 1 saturated carbocycles. The van der Waals surface area contributed by atoms with Crippen molar-refractivity contribution in [3.63, 3.8) is 0 Å². The molecule has 3 atom stereocenters. The van der Waals surface area contributed by atoms with Crippen LogP contribution in [-0.4, -0.2) is 48.0 Å². The average Bonchev–Trinajstić information content (AvgIpc) is 2.30. The minimum Gasteiger partial charge on any atom is -0.391 e. The van der Waals surface area contributed by atoms with Gasteiger partial charge in [0.15, 0.2) is 0 Å². The third kappa shape index (κ3) is 2.52. The van der Waals surface area contributed by atoms with Crippen LogP contribution in [0, 0.1) is 0 Å². The molecule has 2 rings (SSSR count). The molecule has 88 valence electrons. The summed E-state index contributed by atoms with van der Waals surface area (Å²) in [6.07, 6.45) is 5.64. The van der Waals surface area contributed by atoms with Gasteiger partial charge >= 0.3 is 0 Å². The highest BCUT2D eigenvalue weighted by Crippen LogP contribution is 2.26. The van der Waals surface area contributed by atoms with Gasteiger partial charge < -0.3 is 9.84 Å². The molecular weight excluding hydrogens is 190 g/mol. The van der Waals surface area contributed by atoms with Gasteiger partial charge in [-0.3, -0.25) is 4.90 Å². The van der Waals surface area contributed by atoms with Crippen molar-refractivity contribution in [1.82, 2.24) is 4.90 Å². The van der Waals surface area contributed by atoms with Crippen LogP contribution in [-0.2, 0) is 4.74 Å². The summed E-state index contributed by atoms with van der Waals surface area (Å²) in [5.41, 5.74) is 0. The Kier molecular flexibility index (Phi) is 4.00. The van der Waals surface area contributed by atoms with Crippen LogP contribution in [0.25, 0.3) is 0 Å². The molecule has 2 aliphatic rings. The number of aliphatic hydroxyl groups excluding tert-OH is 1. The molecule has 0 aromatic heterocycles. The molecule has 3 heteroatoms. The lowest BCUT2D eigenvalue weighted by molar-refractivity contribution is -0.0708. The first-order valence-corrected chi connectivity index (χ1v) is 6.34. The zero-order chi connectivity index (χ0) is 10.7. The van der Waals surface area contributed by atoms with Gasteiger partial charge in [0.1, 0.15) is 0 Å². The van der Waals surface area contributed by atoms with Gasteiger partial charge in [0.05, 0.1) is 19.3 Å². The molecule has 3 nitrogen and oxygen atoms in total. The van der Waals surface area contributed by atoms with Gasteiger partial charge in [-0.2, -0.15) is 0 Å². The van der Waals surface area contributed by atoms with Crippen LogP contribution in [0.5, 0.6) is 0 Å². The number of morpholine rings is 1. The van der Waals surface area contributed by atoms with Crippen molar-refractivity contribution < 1.29 is 9.84 Å². The van der Waals surface area contributed by atoms with Crippen LogP contribution >= 0.6 is 0 Å². The monoisotopic (exact) mass is 213 g/mol. The Morgan fingerprint density at radius 1 is 1.33 bits per heavy atom. The summed E-state index contributed by atoms with van der Waals surface area (Å²) < 4.78 is 5.51. The number of hydrogen-bond acceptors (Lipinski definition) is 3. The number of nitrogens with zero attached hydrogens (tertiary/aromatic N) is 1. The number of aliphatic hydroxyl groups is 1. The van der Waals surface area contributed by atoms with E-state index in [4.69, 9.17) is 4.74 Å². The Labute approximate surface area is 92.4 Å². The Morgan fingerprint density at radius 3 is 2.87 bits per heavy atom. The first-order chi connectivity index (χ1) is 7.33. The highest BCUT2D eigenvalue weighted by molar-refractivity contribution is 4.88. The zero-order valence-electron chi connectivity index (χ0n) is 9.69. The molecule has 1 unspecified atom stereocenters. The van der Waals surface area contributed by atoms with Crippen molar-refractivity contribution in [3.05, 3.63) is 0 Å². The summed E-state index contributed by atoms with van der Waals surface area (Å²) in [7, 11) is 0. The van der Waals surface area contributed by atoms with E-state index in [-0.39, 0.29) is 6.10 Å². The maximum absolute atomic E-state index is 10.1. The van der Waals surface area contributed by atoms with Crippen LogP contribution in [0.4, 0.5) is 0 Å². The third-order valence-electron chi connectivity index (χ3n) is 3.86. The second kappa shape index (κ2) is 5.28. The molecule has 1 aliphatic carbocycles. The van der Waals surface area contributed by atoms with Crippen LogP contribution in [0.15, 0.2) is 0 Å². The van der Waals surface area contributed by atoms with E-state index in [1.54, 1.807) is 0 Å². The lowest BCUT2D eigenvalue weighted by Gasteiger charge is -2.44. The summed E-state index contributed by atoms with van der Waals surface area (Å²) in [4.78, 5) is 2.49. The fraction of sp³-hybridized carbons (Fsp3) is 1.00. The van der Waals surface area contributed by atoms with Gasteiger partial charge in [-0.15, -0.1) is 0 Å². The van der Waals surface area contributed by atoms with Gasteiger partial charge in [0.2, 0.25) is 0 Å². The van der Waals surface area contributed by atoms with E-state index in [0.717, 1.165) is 39.0 Å². The maximum Gasteiger partial charge on any atom is 0.0695 e. The Hall–Kier alpha value is -0.120. The van der Waals surface area contributed by atoms with Crippen molar-refractivity contribution in [1.29, 1.82) is 0 Å². The van der Waals surface area contributed by atoms with Gasteiger partial charge in [-0.25, -0.2) is 0 Å². The normalized spacial score (nSPS) is 39.2. The van der Waals surface area contributed by atoms with Crippen LogP contribution in [0.2, 0.25) is 0 Å². The molecule has 0 aromatic rings. The van der Waals surface area contributed by atoms with Crippen LogP contribution in [0.3, 0.4) is 0 Å². The van der Waals surface area contributed by atoms with E-state index in [0.29, 0.717) is 12.1 Å². The molecule has 1 heterocycles. The predicted octanol–water partition coefficient (Wildman–Crippen LogP) is 1.40. The fourth-order valence-corrected chi connectivity index (χ4v) is 2.94. The molecule has 0 aromatic carbocycles. The Balaban J connectivity index is 1.99. The van der Waals surface area contributed by atoms with Gasteiger partial charge in [0.25, 0.3) is 0 Å². The Morgan fingerprint density at radius 2 is 2.13 bits per heavy atom. The first-order valence-electron chi connectivity index (χ1n) is 6.34. The SMILES string of the molecule is CCC1COCCN1[C@@H]1CCCC[C@H]1O. The van der Waals surface area contributed by atoms with E-state index in [1.165, 1.54) is 12.8 Å². The number of ether oxygens (including phenoxy) is 1. The van der Waals surface area contributed by atoms with Crippen molar-refractivity contribution in [2.24, 2.45) is 0 Å². The largest absolute Gasteiger partial charge is 0.391 e. The van der Waals surface area contributed by atoms with Crippen LogP contribution < -0.4 is 0 Å². The lowest BCUT2D eigenvalue weighted by atomic mass is 9.90. The topological polar surface area (TPSA) is 32.7 Å². The van der Waals surface area contributed by atoms with Gasteiger partial charge in [0, 0.05) is 18.6 Å². The quantitative estimate of drug-likeness (QED) is 0.752. The minimum atomic E-state index is -0.106. The van der Waals surface area contributed by atoms with Crippen LogP contribution in [0.1, 0.15) is 39.0 Å². The second-order valence-electron chi connectivity index (χ2n) is 4.79. The van der Waals surface area contributed by atoms with E-state index in [1.807, 2.05) is 0 Å². The average molecular weight is 213 g/mol. The van der Waals surface area contributed by atoms with Crippen molar-refractivity contribution >= 4 is 0 Å². The van der Waals surface area contributed by atoms with E-state index in [2.05, 4.69) is 11.8 Å². The minimum absolute atomic E-state index is 0.106. The summed E-state index contributed by atoms with van der Waals surface area (Å²) >= 11 is 0. The maximum atomic E-state index is 10.1. The molecule has 1 N–H and O–H groups in total. The summed E-state index contributed by atoms with van der Waals surface area (Å²) in [5, 5.41) is 10.1. The predicted molar refractivity (Wildman–Crippen MR) is 59.9 cm³/mol. The molecule has 0 spiro atoms. The fourth-order valence-electron chi connectivity index (χ4n) is 2.94. The second-order valence-corrected chi connectivity index (χ2v) is 4.79. The molecular formula is C12H23NO2. The van der Waals surface area contributed by atoms with E-state index < -0.39 is 0 Å². The third-order valence-corrected chi connectivity index (χ3v) is 3.86. The first kappa shape index (κ1) is 11.4. The smallest absolute Gasteiger partial charge is 0.0695 e. The zero-order valence-corrected chi connectivity index (χ0v) is 9.69. The van der Waals surface area contributed by atoms with Crippen molar-refractivity contribution in [3.8, 4) is 0 Å². The molecule has 15 heavy (non-hydrogen) atoms. The Bertz CT molecular complexity index is 198. The van der Waals surface area contributed by atoms with Crippen molar-refractivity contribution in [2.45, 2.75) is 57.2 Å². The number of hydrogen-bond donors (Lipinski definition) is 1. The van der Waals surface area contributed by atoms with E-state index >= 15 is 0 Å². The molecule has 0 bridgehead atoms. The summed E-state index contributed by atoms with van der Waals surface area (Å²) in [5.74, 6) is 0.